The summed E-state index contributed by atoms with van der Waals surface area (Å²) in [6.07, 6.45) is 0.665. The second kappa shape index (κ2) is 8.03. The maximum absolute atomic E-state index is 7.11. The van der Waals surface area contributed by atoms with Crippen LogP contribution in [0.5, 0.6) is 5.75 Å². The van der Waals surface area contributed by atoms with E-state index in [9.17, 15) is 0 Å². The number of nitrogens with two attached hydrogens (primary N) is 3. The number of nitrogens with one attached hydrogen (secondary N) is 3. The summed E-state index contributed by atoms with van der Waals surface area (Å²) in [6.45, 7) is 0.962. The Kier molecular flexibility index (Phi) is 6.34. The molecule has 0 radical (unpaired) electrons. The normalized spacial score (nSPS) is 13.3. The average molecular weight is 278 g/mol. The van der Waals surface area contributed by atoms with Crippen LogP contribution < -0.4 is 32.6 Å². The monoisotopic (exact) mass is 278 g/mol. The molecule has 110 valence electrons. The summed E-state index contributed by atoms with van der Waals surface area (Å²) in [4.78, 5) is 0. The summed E-state index contributed by atoms with van der Waals surface area (Å²) < 4.78 is 5.39. The molecule has 0 bridgehead atoms. The second-order valence-electron chi connectivity index (χ2n) is 4.08. The summed E-state index contributed by atoms with van der Waals surface area (Å²) in [5, 5.41) is 13.3. The Balaban J connectivity index is 2.73. The number of anilines is 1. The van der Waals surface area contributed by atoms with Crippen LogP contribution in [0.3, 0.4) is 0 Å². The molecular weight excluding hydrogens is 256 g/mol. The molecule has 0 aliphatic rings. The van der Waals surface area contributed by atoms with Gasteiger partial charge in [-0.05, 0) is 31.3 Å². The molecule has 1 atom stereocenters. The molecule has 0 heterocycles. The Labute approximate surface area is 118 Å². The molecule has 7 nitrogen and oxygen atoms in total. The van der Waals surface area contributed by atoms with Gasteiger partial charge in [-0.15, -0.1) is 0 Å². The molecule has 1 aromatic carbocycles. The highest BCUT2D eigenvalue weighted by molar-refractivity contribution is 5.75. The summed E-state index contributed by atoms with van der Waals surface area (Å²) in [5.41, 5.74) is 18.3. The number of rotatable bonds is 8. The third kappa shape index (κ3) is 4.45. The van der Waals surface area contributed by atoms with E-state index in [0.29, 0.717) is 18.8 Å². The van der Waals surface area contributed by atoms with Crippen LogP contribution in [0, 0.1) is 5.41 Å². The largest absolute Gasteiger partial charge is 0.492 e. The average Bonchev–Trinajstić information content (AvgIpc) is 2.50. The molecule has 9 N–H and O–H groups in total. The number of ether oxygens (including phenoxy) is 1. The first kappa shape index (κ1) is 15.8. The fourth-order valence-corrected chi connectivity index (χ4v) is 1.55. The van der Waals surface area contributed by atoms with E-state index in [0.717, 1.165) is 17.7 Å². The van der Waals surface area contributed by atoms with Crippen molar-refractivity contribution in [2.45, 2.75) is 6.17 Å². The van der Waals surface area contributed by atoms with Gasteiger partial charge < -0.3 is 32.7 Å². The minimum absolute atomic E-state index is 0.222. The van der Waals surface area contributed by atoms with E-state index in [1.807, 2.05) is 24.3 Å². The zero-order chi connectivity index (χ0) is 15.0. The van der Waals surface area contributed by atoms with Crippen molar-refractivity contribution < 1.29 is 4.74 Å². The van der Waals surface area contributed by atoms with Gasteiger partial charge in [0.25, 0.3) is 0 Å². The number of hydrogen-bond acceptors (Lipinski definition) is 7. The number of allylic oxidation sites excluding steroid dienone is 1. The predicted molar refractivity (Wildman–Crippen MR) is 81.6 cm³/mol. The van der Waals surface area contributed by atoms with Crippen molar-refractivity contribution in [2.24, 2.45) is 17.2 Å². The molecule has 0 saturated carbocycles. The molecule has 7 heteroatoms. The van der Waals surface area contributed by atoms with Crippen LogP contribution in [-0.2, 0) is 0 Å². The summed E-state index contributed by atoms with van der Waals surface area (Å²) in [5.74, 6) is 0.754. The lowest BCUT2D eigenvalue weighted by Crippen LogP contribution is -2.40. The molecule has 0 aromatic heterocycles. The van der Waals surface area contributed by atoms with Crippen molar-refractivity contribution in [2.75, 3.05) is 25.5 Å². The van der Waals surface area contributed by atoms with Gasteiger partial charge in [0.1, 0.15) is 18.5 Å². The van der Waals surface area contributed by atoms with Crippen molar-refractivity contribution in [1.29, 1.82) is 5.41 Å². The summed E-state index contributed by atoms with van der Waals surface area (Å²) >= 11 is 0. The third-order valence-corrected chi connectivity index (χ3v) is 2.64. The molecule has 1 rings (SSSR count). The van der Waals surface area contributed by atoms with Crippen LogP contribution in [0.25, 0.3) is 0 Å². The standard InChI is InChI=1S/C13H22N6O/c1-18-13(12(17)11(16)8-15)19-9-2-4-10(5-3-9)20-7-6-14/h2-5,8,13,15,18-19H,6-7,14,16-17H2,1H3/b12-11+,15-8?. The van der Waals surface area contributed by atoms with Gasteiger partial charge in [0.2, 0.25) is 0 Å². The highest BCUT2D eigenvalue weighted by Crippen LogP contribution is 2.16. The highest BCUT2D eigenvalue weighted by atomic mass is 16.5. The van der Waals surface area contributed by atoms with Crippen LogP contribution in [0.2, 0.25) is 0 Å². The van der Waals surface area contributed by atoms with Gasteiger partial charge in [0, 0.05) is 18.4 Å². The first-order valence-electron chi connectivity index (χ1n) is 6.24. The van der Waals surface area contributed by atoms with Gasteiger partial charge >= 0.3 is 0 Å². The van der Waals surface area contributed by atoms with Crippen molar-refractivity contribution in [3.63, 3.8) is 0 Å². The van der Waals surface area contributed by atoms with Crippen molar-refractivity contribution in [3.8, 4) is 5.75 Å². The summed E-state index contributed by atoms with van der Waals surface area (Å²) in [7, 11) is 1.75. The maximum atomic E-state index is 7.11. The Morgan fingerprint density at radius 1 is 1.35 bits per heavy atom. The summed E-state index contributed by atoms with van der Waals surface area (Å²) in [6, 6.07) is 7.41. The van der Waals surface area contributed by atoms with Gasteiger partial charge in [-0.25, -0.2) is 0 Å². The highest BCUT2D eigenvalue weighted by Gasteiger charge is 2.11. The molecule has 0 aliphatic carbocycles. The van der Waals surface area contributed by atoms with Gasteiger partial charge in [0.05, 0.1) is 11.4 Å². The molecule has 0 amide bonds. The minimum Gasteiger partial charge on any atom is -0.492 e. The van der Waals surface area contributed by atoms with Crippen LogP contribution in [0.4, 0.5) is 5.69 Å². The molecule has 0 fully saturated rings. The van der Waals surface area contributed by atoms with E-state index in [2.05, 4.69) is 10.6 Å². The molecule has 1 unspecified atom stereocenters. The zero-order valence-electron chi connectivity index (χ0n) is 11.5. The van der Waals surface area contributed by atoms with Gasteiger partial charge in [0.15, 0.2) is 0 Å². The zero-order valence-corrected chi connectivity index (χ0v) is 11.5. The van der Waals surface area contributed by atoms with E-state index < -0.39 is 0 Å². The van der Waals surface area contributed by atoms with E-state index in [-0.39, 0.29) is 11.9 Å². The van der Waals surface area contributed by atoms with Crippen LogP contribution in [-0.4, -0.2) is 32.6 Å². The molecular formula is C13H22N6O. The number of likely N-dealkylation sites (N-methyl/N-ethyl adjacent to an activating group) is 1. The van der Waals surface area contributed by atoms with Crippen LogP contribution in [0.1, 0.15) is 0 Å². The van der Waals surface area contributed by atoms with Crippen LogP contribution >= 0.6 is 0 Å². The third-order valence-electron chi connectivity index (χ3n) is 2.64. The van der Waals surface area contributed by atoms with E-state index in [1.165, 1.54) is 0 Å². The first-order chi connectivity index (χ1) is 9.62. The topological polar surface area (TPSA) is 135 Å². The van der Waals surface area contributed by atoms with Crippen molar-refractivity contribution >= 4 is 11.9 Å². The fraction of sp³-hybridized carbons (Fsp3) is 0.308. The Hall–Kier alpha value is -2.25. The molecule has 0 spiro atoms. The lowest BCUT2D eigenvalue weighted by atomic mass is 10.2. The predicted octanol–water partition coefficient (Wildman–Crippen LogP) is -0.240. The minimum atomic E-state index is -0.354. The quantitative estimate of drug-likeness (QED) is 0.287. The smallest absolute Gasteiger partial charge is 0.120 e. The SMILES string of the molecule is CNC(Nc1ccc(OCCN)cc1)/C(N)=C(\N)C=N. The number of benzene rings is 1. The Bertz CT molecular complexity index is 456. The van der Waals surface area contributed by atoms with Gasteiger partial charge in [-0.3, -0.25) is 5.32 Å². The molecule has 0 aliphatic heterocycles. The van der Waals surface area contributed by atoms with E-state index in [1.54, 1.807) is 7.05 Å². The van der Waals surface area contributed by atoms with Gasteiger partial charge in [-0.1, -0.05) is 0 Å². The first-order valence-corrected chi connectivity index (χ1v) is 6.24. The maximum Gasteiger partial charge on any atom is 0.120 e. The van der Waals surface area contributed by atoms with Crippen LogP contribution in [0.15, 0.2) is 35.7 Å². The van der Waals surface area contributed by atoms with Gasteiger partial charge in [-0.2, -0.15) is 0 Å². The lowest BCUT2D eigenvalue weighted by molar-refractivity contribution is 0.328. The van der Waals surface area contributed by atoms with Crippen molar-refractivity contribution in [1.82, 2.24) is 5.32 Å². The molecule has 0 saturated heterocycles. The van der Waals surface area contributed by atoms with E-state index in [4.69, 9.17) is 27.3 Å². The molecule has 1 aromatic rings. The lowest BCUT2D eigenvalue weighted by Gasteiger charge is -2.20. The molecule has 20 heavy (non-hydrogen) atoms. The fourth-order valence-electron chi connectivity index (χ4n) is 1.55. The Morgan fingerprint density at radius 3 is 2.50 bits per heavy atom. The van der Waals surface area contributed by atoms with Crippen molar-refractivity contribution in [3.05, 3.63) is 35.7 Å². The second-order valence-corrected chi connectivity index (χ2v) is 4.08. The van der Waals surface area contributed by atoms with E-state index >= 15 is 0 Å². The number of hydrogen-bond donors (Lipinski definition) is 6. The Morgan fingerprint density at radius 2 is 2.00 bits per heavy atom.